The average molecular weight is 1530 g/mol. The third-order valence-corrected chi connectivity index (χ3v) is 20.2. The zero-order valence-electron chi connectivity index (χ0n) is 50.4. The monoisotopic (exact) mass is 1530 g/mol. The zero-order valence-corrected chi connectivity index (χ0v) is 55.3. The van der Waals surface area contributed by atoms with Crippen LogP contribution in [0.25, 0.3) is 0 Å². The largest absolute Gasteiger partial charge is 0.505 e. The van der Waals surface area contributed by atoms with Gasteiger partial charge in [0, 0.05) is 65.3 Å². The molecule has 22 unspecified atom stereocenters. The minimum absolute atomic E-state index is 0.0347. The van der Waals surface area contributed by atoms with Crippen LogP contribution in [-0.2, 0) is 69.7 Å². The molecule has 8 heterocycles. The molecule has 0 aromatic heterocycles. The van der Waals surface area contributed by atoms with Crippen LogP contribution in [0.3, 0.4) is 0 Å². The SMILES string of the molecule is C=COC.CC(=O)CC#CC1=CN(C2OC(CO)C(O)C2O)C(=O)CC1N.NC1CC(=O)N(C2OC(CO)C(O)C2O)C=C1I.O=C1CC2CC=CC2=CN1C1OC(CO)C(O)C1O.O=C1NC2CC=CC2=CN1C1OC(COP(=O)(O)OP(=O)(O)OP(=O)(O)O)C(O)C1O. The van der Waals surface area contributed by atoms with E-state index in [9.17, 15) is 83.4 Å². The van der Waals surface area contributed by atoms with Gasteiger partial charge in [0.05, 0.1) is 52.3 Å². The Morgan fingerprint density at radius 3 is 1.56 bits per heavy atom. The van der Waals surface area contributed by atoms with Crippen LogP contribution in [0, 0.1) is 17.8 Å². The van der Waals surface area contributed by atoms with E-state index >= 15 is 0 Å². The van der Waals surface area contributed by atoms with Crippen LogP contribution < -0.4 is 16.8 Å². The number of nitrogens with two attached hydrogens (primary N) is 2. The fourth-order valence-electron chi connectivity index (χ4n) is 10.4. The van der Waals surface area contributed by atoms with Crippen LogP contribution in [0.1, 0.15) is 45.4 Å². The summed E-state index contributed by atoms with van der Waals surface area (Å²) in [6.45, 7) is 2.40. The second-order valence-corrected chi connectivity index (χ2v) is 27.8. The number of methoxy groups -OCH3 is 1. The molecule has 95 heavy (non-hydrogen) atoms. The fourth-order valence-corrected chi connectivity index (χ4v) is 13.9. The molecule has 5 amide bonds. The molecule has 4 saturated heterocycles. The first-order valence-corrected chi connectivity index (χ1v) is 34.3. The normalized spacial score (nSPS) is 35.9. The smallest absolute Gasteiger partial charge is 0.490 e. The summed E-state index contributed by atoms with van der Waals surface area (Å²) in [5.41, 5.74) is 13.8. The summed E-state index contributed by atoms with van der Waals surface area (Å²) in [6.07, 6.45) is -2.60. The molecule has 4 fully saturated rings. The maximum absolute atomic E-state index is 12.3. The summed E-state index contributed by atoms with van der Waals surface area (Å²) in [5.74, 6) is 4.76. The van der Waals surface area contributed by atoms with Crippen LogP contribution in [0.4, 0.5) is 4.79 Å². The molecule has 10 rings (SSSR count). The van der Waals surface area contributed by atoms with E-state index in [0.29, 0.717) is 18.4 Å². The molecule has 2 aliphatic carbocycles. The Bertz CT molecular complexity index is 3200. The van der Waals surface area contributed by atoms with Crippen molar-refractivity contribution in [1.82, 2.24) is 24.9 Å². The molecule has 20 N–H and O–H groups in total. The summed E-state index contributed by atoms with van der Waals surface area (Å²) < 4.78 is 71.7. The molecule has 0 aromatic carbocycles. The number of hydrogen-bond acceptors (Lipinski definition) is 29. The number of amides is 5. The molecule has 42 heteroatoms. The lowest BCUT2D eigenvalue weighted by atomic mass is 9.94. The van der Waals surface area contributed by atoms with Gasteiger partial charge in [-0.25, -0.2) is 18.5 Å². The standard InChI is InChI=1S/C15H20N2O6.C13H17NO5.C12H19N2O14P3.C10H15IN2O5.C3H6O/c1-8(19)3-2-4-9-6-17(12(20)5-10(9)16)15-14(22)13(21)11(7-18)23-15;15-6-9-11(17)12(18)13(19-9)14-5-8-3-1-2-7(8)4-10(14)16;15-9-8(5-25-30(21,22)28-31(23,24)27-29(18,19)20)26-11(10(9)16)14-4-6-2-1-3-7(6)13-12(14)17;11-4-2-13(7(15)1-5(4)12)10-9(17)8(16)6(3-14)18-10;1-3-4-2/h6,10-11,13-15,18,21-22H,3,5,7,16H2,1H3;1,3,5,7,9,11-13,15,17-18H,2,4,6H2;1-2,4,7-11,15-16H,3,5H2,(H,13,17)(H,21,22)(H,23,24)(H2,18,19,20);2,5-6,8-10,14,16-17H,1,3,12H2;3H,1H2,2H3. The summed E-state index contributed by atoms with van der Waals surface area (Å²) >= 11 is 2.01. The van der Waals surface area contributed by atoms with E-state index in [-0.39, 0.29) is 60.8 Å². The third-order valence-electron chi connectivity index (χ3n) is 15.3. The molecular formula is C53H77IN7O31P3. The van der Waals surface area contributed by atoms with E-state index < -0.39 is 160 Å². The van der Waals surface area contributed by atoms with E-state index in [1.54, 1.807) is 19.4 Å². The minimum Gasteiger partial charge on any atom is -0.505 e. The van der Waals surface area contributed by atoms with Crippen LogP contribution in [-0.4, -0.2) is 275 Å². The van der Waals surface area contributed by atoms with Gasteiger partial charge in [0.1, 0.15) is 79.0 Å². The number of rotatable bonds is 16. The second kappa shape index (κ2) is 34.4. The number of halogens is 1. The van der Waals surface area contributed by atoms with E-state index in [0.717, 1.165) is 30.9 Å². The number of carbonyl (C=O) groups is 5. The number of allylic oxidation sites excluding steroid dienone is 3. The number of ketones is 1. The number of Topliss-reactive ketones (excluding diaryl/α,β-unsaturated/α-hetero) is 1. The van der Waals surface area contributed by atoms with E-state index in [1.807, 2.05) is 40.8 Å². The second-order valence-electron chi connectivity index (χ2n) is 22.2. The number of ether oxygens (including phenoxy) is 5. The van der Waals surface area contributed by atoms with Gasteiger partial charge in [-0.05, 0) is 59.4 Å². The number of nitrogens with zero attached hydrogens (tertiary/aromatic N) is 4. The van der Waals surface area contributed by atoms with Gasteiger partial charge < -0.3 is 116 Å². The first kappa shape index (κ1) is 79.3. The van der Waals surface area contributed by atoms with E-state index in [4.69, 9.17) is 60.4 Å². The number of phosphoric ester groups is 1. The molecule has 0 saturated carbocycles. The lowest BCUT2D eigenvalue weighted by Gasteiger charge is -2.33. The van der Waals surface area contributed by atoms with Crippen molar-refractivity contribution in [3.05, 3.63) is 82.2 Å². The van der Waals surface area contributed by atoms with Crippen molar-refractivity contribution in [2.75, 3.05) is 33.5 Å². The first-order chi connectivity index (χ1) is 44.5. The topological polar surface area (TPSA) is 591 Å². The summed E-state index contributed by atoms with van der Waals surface area (Å²) in [5, 5.41) is 109. The van der Waals surface area contributed by atoms with Crippen LogP contribution in [0.2, 0.25) is 0 Å². The molecule has 532 valence electrons. The van der Waals surface area contributed by atoms with Crippen molar-refractivity contribution < 1.29 is 150 Å². The van der Waals surface area contributed by atoms with Gasteiger partial charge in [-0.2, -0.15) is 8.62 Å². The molecule has 8 aliphatic heterocycles. The maximum Gasteiger partial charge on any atom is 0.490 e. The molecule has 0 spiro atoms. The number of phosphoric acid groups is 3. The highest BCUT2D eigenvalue weighted by atomic mass is 127. The third kappa shape index (κ3) is 20.5. The van der Waals surface area contributed by atoms with E-state index in [2.05, 4.69) is 41.6 Å². The Morgan fingerprint density at radius 1 is 0.642 bits per heavy atom. The van der Waals surface area contributed by atoms with Crippen molar-refractivity contribution in [2.45, 2.75) is 162 Å². The van der Waals surface area contributed by atoms with E-state index in [1.165, 1.54) is 41.6 Å². The number of aliphatic hydroxyl groups excluding tert-OH is 11. The van der Waals surface area contributed by atoms with Crippen molar-refractivity contribution in [1.29, 1.82) is 0 Å². The first-order valence-electron chi connectivity index (χ1n) is 28.7. The number of aliphatic hydroxyl groups is 11. The van der Waals surface area contributed by atoms with Gasteiger partial charge >= 0.3 is 29.5 Å². The van der Waals surface area contributed by atoms with Crippen LogP contribution >= 0.6 is 46.1 Å². The predicted molar refractivity (Wildman–Crippen MR) is 326 cm³/mol. The molecule has 0 aromatic rings. The Hall–Kier alpha value is -4.65. The summed E-state index contributed by atoms with van der Waals surface area (Å²) in [4.78, 5) is 99.5. The Labute approximate surface area is 555 Å². The number of nitrogens with one attached hydrogen (secondary N) is 1. The molecule has 22 atom stereocenters. The molecule has 10 aliphatic rings. The molecule has 0 radical (unpaired) electrons. The summed E-state index contributed by atoms with van der Waals surface area (Å²) in [6, 6.07) is -1.79. The van der Waals surface area contributed by atoms with Gasteiger partial charge in [0.25, 0.3) is 0 Å². The van der Waals surface area contributed by atoms with Crippen molar-refractivity contribution in [2.24, 2.45) is 17.4 Å². The van der Waals surface area contributed by atoms with Crippen LogP contribution in [0.15, 0.2) is 82.2 Å². The Balaban J connectivity index is 0.000000201. The van der Waals surface area contributed by atoms with Gasteiger partial charge in [-0.1, -0.05) is 42.7 Å². The number of carbonyl (C=O) groups excluding carboxylic acids is 5. The highest BCUT2D eigenvalue weighted by molar-refractivity contribution is 14.1. The predicted octanol–water partition coefficient (Wildman–Crippen LogP) is -4.98. The highest BCUT2D eigenvalue weighted by Gasteiger charge is 2.52. The van der Waals surface area contributed by atoms with Gasteiger partial charge in [0.2, 0.25) is 17.7 Å². The van der Waals surface area contributed by atoms with Gasteiger partial charge in [-0.3, -0.25) is 43.3 Å². The quantitative estimate of drug-likeness (QED) is 0.0298. The van der Waals surface area contributed by atoms with Gasteiger partial charge in [-0.15, -0.1) is 0 Å². The maximum atomic E-state index is 12.3. The Kier molecular flexibility index (Phi) is 28.7. The van der Waals surface area contributed by atoms with Crippen molar-refractivity contribution in [3.63, 3.8) is 0 Å². The van der Waals surface area contributed by atoms with Gasteiger partial charge in [0.15, 0.2) is 24.9 Å². The summed E-state index contributed by atoms with van der Waals surface area (Å²) in [7, 11) is -15.1. The van der Waals surface area contributed by atoms with Crippen molar-refractivity contribution in [3.8, 4) is 11.8 Å². The molecular weight excluding hydrogens is 1450 g/mol. The Morgan fingerprint density at radius 2 is 1.07 bits per heavy atom. The van der Waals surface area contributed by atoms with Crippen molar-refractivity contribution >= 4 is 75.6 Å². The van der Waals surface area contributed by atoms with Crippen LogP contribution in [0.5, 0.6) is 0 Å². The lowest BCUT2D eigenvalue weighted by molar-refractivity contribution is -0.148. The lowest BCUT2D eigenvalue weighted by Crippen LogP contribution is -2.53. The zero-order chi connectivity index (χ0) is 70.8. The molecule has 0 bridgehead atoms. The molecule has 38 nitrogen and oxygen atoms in total. The number of urea groups is 1. The number of hydrogen-bond donors (Lipinski definition) is 18. The highest BCUT2D eigenvalue weighted by Crippen LogP contribution is 2.66. The fraction of sp³-hybridized carbons (Fsp3) is 0.604. The average Bonchev–Trinajstić information content (AvgIpc) is 1.69. The minimum atomic E-state index is -5.71. The number of fused-ring (bicyclic) bond motifs is 2.